The van der Waals surface area contributed by atoms with Crippen molar-refractivity contribution >= 4 is 16.7 Å². The van der Waals surface area contributed by atoms with Crippen LogP contribution in [0.3, 0.4) is 0 Å². The van der Waals surface area contributed by atoms with E-state index in [0.717, 1.165) is 23.9 Å². The largest absolute Gasteiger partial charge is 0.358 e. The predicted octanol–water partition coefficient (Wildman–Crippen LogP) is 2.79. The molecule has 0 saturated heterocycles. The number of likely N-dealkylation sites (N-methyl/N-ethyl adjacent to an activating group) is 1. The minimum Gasteiger partial charge on any atom is -0.358 e. The minimum atomic E-state index is 0.136. The lowest BCUT2D eigenvalue weighted by atomic mass is 9.90. The molecule has 0 bridgehead atoms. The zero-order valence-corrected chi connectivity index (χ0v) is 11.8. The third kappa shape index (κ3) is 2.08. The van der Waals surface area contributed by atoms with E-state index >= 15 is 0 Å². The van der Waals surface area contributed by atoms with Gasteiger partial charge in [-0.3, -0.25) is 4.79 Å². The summed E-state index contributed by atoms with van der Waals surface area (Å²) in [6.45, 7) is 1.63. The highest BCUT2D eigenvalue weighted by atomic mass is 16.1. The van der Waals surface area contributed by atoms with Crippen molar-refractivity contribution in [3.63, 3.8) is 0 Å². The van der Waals surface area contributed by atoms with Crippen molar-refractivity contribution < 1.29 is 4.79 Å². The highest BCUT2D eigenvalue weighted by Gasteiger charge is 2.23. The predicted molar refractivity (Wildman–Crippen MR) is 77.8 cm³/mol. The molecule has 0 fully saturated rings. The summed E-state index contributed by atoms with van der Waals surface area (Å²) in [5.74, 6) is 0.136. The van der Waals surface area contributed by atoms with Gasteiger partial charge in [-0.05, 0) is 64.0 Å². The van der Waals surface area contributed by atoms with Gasteiger partial charge < -0.3 is 9.88 Å². The third-order valence-corrected chi connectivity index (χ3v) is 4.30. The molecule has 0 radical (unpaired) electrons. The molecule has 1 unspecified atom stereocenters. The van der Waals surface area contributed by atoms with Gasteiger partial charge in [0.25, 0.3) is 0 Å². The van der Waals surface area contributed by atoms with Crippen molar-refractivity contribution in [2.75, 3.05) is 14.1 Å². The number of hydrogen-bond donors (Lipinski definition) is 1. The summed E-state index contributed by atoms with van der Waals surface area (Å²) in [6.07, 6.45) is 3.37. The summed E-state index contributed by atoms with van der Waals surface area (Å²) >= 11 is 0. The first kappa shape index (κ1) is 12.4. The quantitative estimate of drug-likeness (QED) is 0.839. The molecule has 0 amide bonds. The maximum absolute atomic E-state index is 11.5. The number of aromatic amines is 1. The van der Waals surface area contributed by atoms with Crippen LogP contribution in [-0.2, 0) is 12.8 Å². The first-order valence-corrected chi connectivity index (χ1v) is 6.87. The van der Waals surface area contributed by atoms with Crippen LogP contribution in [0.25, 0.3) is 10.9 Å². The van der Waals surface area contributed by atoms with Crippen molar-refractivity contribution in [2.45, 2.75) is 32.2 Å². The SMILES string of the molecule is CC(=O)c1ccc2[nH]c3c(c2c1)CC(N(C)C)CC3. The molecule has 1 aliphatic carbocycles. The Morgan fingerprint density at radius 3 is 2.84 bits per heavy atom. The van der Waals surface area contributed by atoms with Gasteiger partial charge in [0.05, 0.1) is 0 Å². The van der Waals surface area contributed by atoms with Crippen molar-refractivity contribution in [1.82, 2.24) is 9.88 Å². The lowest BCUT2D eigenvalue weighted by Crippen LogP contribution is -2.33. The topological polar surface area (TPSA) is 36.1 Å². The van der Waals surface area contributed by atoms with Gasteiger partial charge >= 0.3 is 0 Å². The summed E-state index contributed by atoms with van der Waals surface area (Å²) in [7, 11) is 4.29. The lowest BCUT2D eigenvalue weighted by molar-refractivity contribution is 0.101. The Hall–Kier alpha value is -1.61. The van der Waals surface area contributed by atoms with Gasteiger partial charge in [0.2, 0.25) is 0 Å². The molecule has 100 valence electrons. The average molecular weight is 256 g/mol. The highest BCUT2D eigenvalue weighted by molar-refractivity contribution is 5.99. The maximum Gasteiger partial charge on any atom is 0.159 e. The van der Waals surface area contributed by atoms with E-state index in [4.69, 9.17) is 0 Å². The Balaban J connectivity index is 2.10. The van der Waals surface area contributed by atoms with Crippen molar-refractivity contribution in [1.29, 1.82) is 0 Å². The standard InChI is InChI=1S/C16H20N2O/c1-10(19)11-4-6-15-13(8-11)14-9-12(18(2)3)5-7-16(14)17-15/h4,6,8,12,17H,5,7,9H2,1-3H3. The number of nitrogens with one attached hydrogen (secondary N) is 1. The molecule has 3 rings (SSSR count). The number of hydrogen-bond acceptors (Lipinski definition) is 2. The van der Waals surface area contributed by atoms with E-state index in [9.17, 15) is 4.79 Å². The summed E-state index contributed by atoms with van der Waals surface area (Å²) in [5.41, 5.74) is 4.73. The van der Waals surface area contributed by atoms with Crippen LogP contribution in [0, 0.1) is 0 Å². The molecule has 1 aromatic heterocycles. The molecule has 1 aromatic carbocycles. The number of ketones is 1. The number of benzene rings is 1. The second-order valence-corrected chi connectivity index (χ2v) is 5.76. The van der Waals surface area contributed by atoms with Crippen LogP contribution in [0.2, 0.25) is 0 Å². The van der Waals surface area contributed by atoms with E-state index in [1.54, 1.807) is 6.92 Å². The zero-order valence-electron chi connectivity index (χ0n) is 11.8. The molecule has 0 aliphatic heterocycles. The Kier molecular flexibility index (Phi) is 2.94. The number of Topliss-reactive ketones (excluding diaryl/α,β-unsaturated/α-hetero) is 1. The van der Waals surface area contributed by atoms with Crippen LogP contribution < -0.4 is 0 Å². The van der Waals surface area contributed by atoms with Crippen LogP contribution in [0.1, 0.15) is 35.0 Å². The fourth-order valence-electron chi connectivity index (χ4n) is 3.06. The molecule has 2 aromatic rings. The van der Waals surface area contributed by atoms with Crippen LogP contribution in [0.15, 0.2) is 18.2 Å². The van der Waals surface area contributed by atoms with E-state index in [1.165, 1.54) is 23.1 Å². The highest BCUT2D eigenvalue weighted by Crippen LogP contribution is 2.31. The van der Waals surface area contributed by atoms with Gasteiger partial charge in [0.15, 0.2) is 5.78 Å². The van der Waals surface area contributed by atoms with E-state index in [1.807, 2.05) is 18.2 Å². The molecule has 1 heterocycles. The molecule has 1 atom stereocenters. The number of nitrogens with zero attached hydrogens (tertiary/aromatic N) is 1. The monoisotopic (exact) mass is 256 g/mol. The van der Waals surface area contributed by atoms with Crippen LogP contribution in [0.4, 0.5) is 0 Å². The summed E-state index contributed by atoms with van der Waals surface area (Å²) in [4.78, 5) is 17.3. The number of H-pyrrole nitrogens is 1. The van der Waals surface area contributed by atoms with Crippen molar-refractivity contribution in [3.8, 4) is 0 Å². The molecule has 19 heavy (non-hydrogen) atoms. The summed E-state index contributed by atoms with van der Waals surface area (Å²) in [6, 6.07) is 6.60. The Bertz CT molecular complexity index is 639. The second-order valence-electron chi connectivity index (χ2n) is 5.76. The molecule has 3 nitrogen and oxygen atoms in total. The molecular formula is C16H20N2O. The van der Waals surface area contributed by atoms with Gasteiger partial charge in [0, 0.05) is 28.2 Å². The van der Waals surface area contributed by atoms with E-state index < -0.39 is 0 Å². The van der Waals surface area contributed by atoms with E-state index in [2.05, 4.69) is 24.0 Å². The van der Waals surface area contributed by atoms with Crippen LogP contribution in [0.5, 0.6) is 0 Å². The molecule has 0 spiro atoms. The number of fused-ring (bicyclic) bond motifs is 3. The summed E-state index contributed by atoms with van der Waals surface area (Å²) in [5, 5.41) is 1.23. The number of carbonyl (C=O) groups is 1. The van der Waals surface area contributed by atoms with Gasteiger partial charge in [-0.1, -0.05) is 0 Å². The fourth-order valence-corrected chi connectivity index (χ4v) is 3.06. The van der Waals surface area contributed by atoms with Gasteiger partial charge in [-0.25, -0.2) is 0 Å². The Morgan fingerprint density at radius 1 is 1.37 bits per heavy atom. The van der Waals surface area contributed by atoms with Gasteiger partial charge in [-0.2, -0.15) is 0 Å². The van der Waals surface area contributed by atoms with Crippen LogP contribution in [-0.4, -0.2) is 35.8 Å². The normalized spacial score (nSPS) is 18.8. The number of rotatable bonds is 2. The molecule has 1 N–H and O–H groups in total. The van der Waals surface area contributed by atoms with Crippen molar-refractivity contribution in [3.05, 3.63) is 35.0 Å². The number of carbonyl (C=O) groups excluding carboxylic acids is 1. The number of aromatic nitrogens is 1. The van der Waals surface area contributed by atoms with Gasteiger partial charge in [0.1, 0.15) is 0 Å². The van der Waals surface area contributed by atoms with Crippen LogP contribution >= 0.6 is 0 Å². The smallest absolute Gasteiger partial charge is 0.159 e. The van der Waals surface area contributed by atoms with E-state index in [0.29, 0.717) is 6.04 Å². The lowest BCUT2D eigenvalue weighted by Gasteiger charge is -2.28. The molecular weight excluding hydrogens is 236 g/mol. The third-order valence-electron chi connectivity index (χ3n) is 4.30. The maximum atomic E-state index is 11.5. The summed E-state index contributed by atoms with van der Waals surface area (Å²) < 4.78 is 0. The van der Waals surface area contributed by atoms with Gasteiger partial charge in [-0.15, -0.1) is 0 Å². The molecule has 0 saturated carbocycles. The average Bonchev–Trinajstić information content (AvgIpc) is 2.75. The molecule has 3 heteroatoms. The molecule has 1 aliphatic rings. The Morgan fingerprint density at radius 2 is 2.16 bits per heavy atom. The fraction of sp³-hybridized carbons (Fsp3) is 0.438. The van der Waals surface area contributed by atoms with E-state index in [-0.39, 0.29) is 5.78 Å². The zero-order chi connectivity index (χ0) is 13.6. The first-order chi connectivity index (χ1) is 9.06. The first-order valence-electron chi connectivity index (χ1n) is 6.87. The second kappa shape index (κ2) is 4.49. The Labute approximate surface area is 113 Å². The number of aryl methyl sites for hydroxylation is 1. The minimum absolute atomic E-state index is 0.136. The van der Waals surface area contributed by atoms with Crippen molar-refractivity contribution in [2.24, 2.45) is 0 Å².